The van der Waals surface area contributed by atoms with Gasteiger partial charge in [-0.1, -0.05) is 18.2 Å². The molecule has 3 heteroatoms. The summed E-state index contributed by atoms with van der Waals surface area (Å²) in [5.41, 5.74) is 0.0908. The SMILES string of the molecule is C/C=C/C(=O)Cc1cccc(F)c1F. The minimum absolute atomic E-state index is 0.0908. The molecule has 0 spiro atoms. The van der Waals surface area contributed by atoms with Crippen molar-refractivity contribution in [1.82, 2.24) is 0 Å². The first-order chi connectivity index (χ1) is 6.65. The first-order valence-corrected chi connectivity index (χ1v) is 4.23. The number of hydrogen-bond donors (Lipinski definition) is 0. The van der Waals surface area contributed by atoms with Crippen molar-refractivity contribution < 1.29 is 13.6 Å². The summed E-state index contributed by atoms with van der Waals surface area (Å²) >= 11 is 0. The first kappa shape index (κ1) is 10.6. The molecule has 0 atom stereocenters. The summed E-state index contributed by atoms with van der Waals surface area (Å²) in [6.07, 6.45) is 2.80. The molecule has 0 unspecified atom stereocenters. The number of carbonyl (C=O) groups is 1. The van der Waals surface area contributed by atoms with Crippen LogP contribution in [0.5, 0.6) is 0 Å². The number of hydrogen-bond acceptors (Lipinski definition) is 1. The minimum atomic E-state index is -0.939. The molecule has 1 rings (SSSR count). The number of benzene rings is 1. The maximum absolute atomic E-state index is 13.1. The molecule has 74 valence electrons. The largest absolute Gasteiger partial charge is 0.294 e. The highest BCUT2D eigenvalue weighted by Crippen LogP contribution is 2.12. The number of allylic oxidation sites excluding steroid dienone is 2. The third-order valence-corrected chi connectivity index (χ3v) is 1.75. The van der Waals surface area contributed by atoms with E-state index in [1.807, 2.05) is 0 Å². The highest BCUT2D eigenvalue weighted by molar-refractivity contribution is 5.91. The van der Waals surface area contributed by atoms with Gasteiger partial charge in [-0.15, -0.1) is 0 Å². The second-order valence-electron chi connectivity index (χ2n) is 2.86. The lowest BCUT2D eigenvalue weighted by molar-refractivity contribution is -0.114. The molecule has 0 aromatic heterocycles. The Balaban J connectivity index is 2.87. The lowest BCUT2D eigenvalue weighted by atomic mass is 10.1. The number of halogens is 2. The maximum Gasteiger partial charge on any atom is 0.162 e. The summed E-state index contributed by atoms with van der Waals surface area (Å²) < 4.78 is 25.8. The smallest absolute Gasteiger partial charge is 0.162 e. The van der Waals surface area contributed by atoms with Gasteiger partial charge in [0, 0.05) is 6.42 Å². The highest BCUT2D eigenvalue weighted by Gasteiger charge is 2.09. The molecule has 0 heterocycles. The molecule has 0 saturated carbocycles. The lowest BCUT2D eigenvalue weighted by Crippen LogP contribution is -2.02. The van der Waals surface area contributed by atoms with Gasteiger partial charge < -0.3 is 0 Å². The minimum Gasteiger partial charge on any atom is -0.294 e. The average Bonchev–Trinajstić information content (AvgIpc) is 2.13. The molecule has 0 aliphatic heterocycles. The molecule has 0 amide bonds. The third kappa shape index (κ3) is 2.49. The normalized spacial score (nSPS) is 10.8. The number of carbonyl (C=O) groups excluding carboxylic acids is 1. The Kier molecular flexibility index (Phi) is 3.51. The number of rotatable bonds is 3. The molecule has 0 fully saturated rings. The zero-order valence-corrected chi connectivity index (χ0v) is 7.76. The van der Waals surface area contributed by atoms with Crippen molar-refractivity contribution in [1.29, 1.82) is 0 Å². The summed E-state index contributed by atoms with van der Waals surface area (Å²) in [7, 11) is 0. The van der Waals surface area contributed by atoms with Crippen LogP contribution in [0.2, 0.25) is 0 Å². The predicted molar refractivity (Wildman–Crippen MR) is 49.9 cm³/mol. The van der Waals surface area contributed by atoms with Crippen LogP contribution in [0.25, 0.3) is 0 Å². The van der Waals surface area contributed by atoms with E-state index in [0.717, 1.165) is 6.07 Å². The van der Waals surface area contributed by atoms with Gasteiger partial charge in [0.1, 0.15) is 0 Å². The summed E-state index contributed by atoms with van der Waals surface area (Å²) in [4.78, 5) is 11.1. The van der Waals surface area contributed by atoms with Crippen LogP contribution in [0, 0.1) is 11.6 Å². The van der Waals surface area contributed by atoms with Gasteiger partial charge in [0.05, 0.1) is 0 Å². The molecule has 1 nitrogen and oxygen atoms in total. The molecule has 1 aromatic rings. The molecule has 0 saturated heterocycles. The summed E-state index contributed by atoms with van der Waals surface area (Å²) in [5, 5.41) is 0. The molecular weight excluding hydrogens is 186 g/mol. The molecule has 1 aromatic carbocycles. The van der Waals surface area contributed by atoms with Crippen LogP contribution in [0.15, 0.2) is 30.4 Å². The van der Waals surface area contributed by atoms with E-state index in [-0.39, 0.29) is 17.8 Å². The van der Waals surface area contributed by atoms with Gasteiger partial charge in [0.2, 0.25) is 0 Å². The third-order valence-electron chi connectivity index (χ3n) is 1.75. The van der Waals surface area contributed by atoms with E-state index in [4.69, 9.17) is 0 Å². The van der Waals surface area contributed by atoms with Gasteiger partial charge in [-0.2, -0.15) is 0 Å². The Labute approximate surface area is 81.1 Å². The van der Waals surface area contributed by atoms with E-state index in [2.05, 4.69) is 0 Å². The van der Waals surface area contributed by atoms with Crippen molar-refractivity contribution in [2.24, 2.45) is 0 Å². The molecule has 14 heavy (non-hydrogen) atoms. The Morgan fingerprint density at radius 3 is 2.79 bits per heavy atom. The van der Waals surface area contributed by atoms with Gasteiger partial charge in [-0.3, -0.25) is 4.79 Å². The van der Waals surface area contributed by atoms with Crippen molar-refractivity contribution in [3.63, 3.8) is 0 Å². The van der Waals surface area contributed by atoms with Gasteiger partial charge in [-0.25, -0.2) is 8.78 Å². The van der Waals surface area contributed by atoms with Crippen LogP contribution < -0.4 is 0 Å². The Morgan fingerprint density at radius 2 is 2.14 bits per heavy atom. The van der Waals surface area contributed by atoms with Gasteiger partial charge >= 0.3 is 0 Å². The van der Waals surface area contributed by atoms with Crippen molar-refractivity contribution in [2.75, 3.05) is 0 Å². The predicted octanol–water partition coefficient (Wildman–Crippen LogP) is 2.65. The van der Waals surface area contributed by atoms with Crippen LogP contribution in [0.3, 0.4) is 0 Å². The summed E-state index contributed by atoms with van der Waals surface area (Å²) in [5.74, 6) is -2.10. The lowest BCUT2D eigenvalue weighted by Gasteiger charge is -2.00. The van der Waals surface area contributed by atoms with Gasteiger partial charge in [0.15, 0.2) is 17.4 Å². The Hall–Kier alpha value is -1.51. The van der Waals surface area contributed by atoms with Gasteiger partial charge in [-0.05, 0) is 24.6 Å². The quantitative estimate of drug-likeness (QED) is 0.679. The topological polar surface area (TPSA) is 17.1 Å². The van der Waals surface area contributed by atoms with E-state index < -0.39 is 11.6 Å². The van der Waals surface area contributed by atoms with E-state index in [1.165, 1.54) is 18.2 Å². The van der Waals surface area contributed by atoms with Crippen LogP contribution >= 0.6 is 0 Å². The number of ketones is 1. The zero-order chi connectivity index (χ0) is 10.6. The fourth-order valence-electron chi connectivity index (χ4n) is 1.12. The fourth-order valence-corrected chi connectivity index (χ4v) is 1.12. The molecule has 0 aliphatic carbocycles. The molecule has 0 radical (unpaired) electrons. The van der Waals surface area contributed by atoms with Crippen LogP contribution in [-0.4, -0.2) is 5.78 Å². The monoisotopic (exact) mass is 196 g/mol. The standard InChI is InChI=1S/C11H10F2O/c1-2-4-9(14)7-8-5-3-6-10(12)11(8)13/h2-6H,7H2,1H3/b4-2+. The van der Waals surface area contributed by atoms with Crippen molar-refractivity contribution >= 4 is 5.78 Å². The van der Waals surface area contributed by atoms with Crippen molar-refractivity contribution in [3.05, 3.63) is 47.5 Å². The molecule has 0 N–H and O–H groups in total. The first-order valence-electron chi connectivity index (χ1n) is 4.23. The van der Waals surface area contributed by atoms with E-state index in [1.54, 1.807) is 13.0 Å². The summed E-state index contributed by atoms with van der Waals surface area (Å²) in [6.45, 7) is 1.69. The second kappa shape index (κ2) is 4.65. The van der Waals surface area contributed by atoms with Crippen molar-refractivity contribution in [2.45, 2.75) is 13.3 Å². The second-order valence-corrected chi connectivity index (χ2v) is 2.86. The van der Waals surface area contributed by atoms with Crippen molar-refractivity contribution in [3.8, 4) is 0 Å². The van der Waals surface area contributed by atoms with E-state index in [9.17, 15) is 13.6 Å². The van der Waals surface area contributed by atoms with Crippen LogP contribution in [-0.2, 0) is 11.2 Å². The zero-order valence-electron chi connectivity index (χ0n) is 7.76. The van der Waals surface area contributed by atoms with Crippen LogP contribution in [0.1, 0.15) is 12.5 Å². The Bertz CT molecular complexity index is 370. The Morgan fingerprint density at radius 1 is 1.43 bits per heavy atom. The van der Waals surface area contributed by atoms with E-state index >= 15 is 0 Å². The van der Waals surface area contributed by atoms with E-state index in [0.29, 0.717) is 0 Å². The molecular formula is C11H10F2O. The molecule has 0 bridgehead atoms. The van der Waals surface area contributed by atoms with Gasteiger partial charge in [0.25, 0.3) is 0 Å². The summed E-state index contributed by atoms with van der Waals surface area (Å²) in [6, 6.07) is 3.81. The maximum atomic E-state index is 13.1. The highest BCUT2D eigenvalue weighted by atomic mass is 19.2. The van der Waals surface area contributed by atoms with Crippen LogP contribution in [0.4, 0.5) is 8.78 Å². The molecule has 0 aliphatic rings. The average molecular weight is 196 g/mol. The fraction of sp³-hybridized carbons (Fsp3) is 0.182.